The van der Waals surface area contributed by atoms with Crippen LogP contribution in [0.2, 0.25) is 5.02 Å². The first-order valence-corrected chi connectivity index (χ1v) is 14.9. The molecule has 0 radical (unpaired) electrons. The van der Waals surface area contributed by atoms with Gasteiger partial charge in [0, 0.05) is 41.2 Å². The van der Waals surface area contributed by atoms with Crippen molar-refractivity contribution >= 4 is 34.6 Å². The highest BCUT2D eigenvalue weighted by Gasteiger charge is 2.53. The van der Waals surface area contributed by atoms with E-state index in [2.05, 4.69) is 37.1 Å². The number of carbonyl (C=O) groups excluding carboxylic acids is 1. The van der Waals surface area contributed by atoms with Crippen molar-refractivity contribution in [3.8, 4) is 11.5 Å². The zero-order valence-electron chi connectivity index (χ0n) is 23.8. The smallest absolute Gasteiger partial charge is 0.340 e. The van der Waals surface area contributed by atoms with Crippen LogP contribution in [0.5, 0.6) is 11.5 Å². The number of rotatable bonds is 9. The Hall–Kier alpha value is -3.96. The number of para-hydroxylation sites is 1. The number of carbonyl (C=O) groups is 1. The van der Waals surface area contributed by atoms with Crippen LogP contribution in [-0.4, -0.2) is 19.1 Å². The van der Waals surface area contributed by atoms with E-state index in [1.165, 1.54) is 0 Å². The van der Waals surface area contributed by atoms with Gasteiger partial charge in [-0.3, -0.25) is 0 Å². The molecular weight excluding hydrogens is 532 g/mol. The maximum Gasteiger partial charge on any atom is 0.340 e. The van der Waals surface area contributed by atoms with Crippen LogP contribution >= 0.6 is 11.6 Å². The van der Waals surface area contributed by atoms with Crippen LogP contribution in [0.4, 0.5) is 17.1 Å². The highest BCUT2D eigenvalue weighted by molar-refractivity contribution is 6.33. The second kappa shape index (κ2) is 11.1. The molecule has 1 N–H and O–H groups in total. The molecule has 6 heteroatoms. The SMILES string of the molecule is CCCCN(CCCC)c1cc(Nc2ccc3c(c2)C2(OC(=O)c4ccccc42)c2ccccc2O3)c(C)cc1Cl. The Labute approximate surface area is 247 Å². The van der Waals surface area contributed by atoms with Gasteiger partial charge in [-0.2, -0.15) is 0 Å². The van der Waals surface area contributed by atoms with E-state index in [1.54, 1.807) is 0 Å². The molecule has 0 bridgehead atoms. The number of esters is 1. The quantitative estimate of drug-likeness (QED) is 0.204. The molecule has 41 heavy (non-hydrogen) atoms. The number of halogens is 1. The number of aryl methyl sites for hydroxylation is 1. The average Bonchev–Trinajstić information content (AvgIpc) is 3.28. The number of ether oxygens (including phenoxy) is 2. The second-order valence-electron chi connectivity index (χ2n) is 10.9. The lowest BCUT2D eigenvalue weighted by molar-refractivity contribution is 0.0224. The van der Waals surface area contributed by atoms with Gasteiger partial charge in [0.2, 0.25) is 0 Å². The van der Waals surface area contributed by atoms with Crippen LogP contribution in [0.1, 0.15) is 72.1 Å². The Bertz CT molecular complexity index is 1610. The Morgan fingerprint density at radius 3 is 2.27 bits per heavy atom. The molecule has 0 fully saturated rings. The number of hydrogen-bond acceptors (Lipinski definition) is 5. The molecule has 6 rings (SSSR count). The van der Waals surface area contributed by atoms with Crippen LogP contribution in [0.3, 0.4) is 0 Å². The van der Waals surface area contributed by atoms with Gasteiger partial charge >= 0.3 is 5.97 Å². The minimum Gasteiger partial charge on any atom is -0.456 e. The third-order valence-corrected chi connectivity index (χ3v) is 8.40. The summed E-state index contributed by atoms with van der Waals surface area (Å²) in [7, 11) is 0. The fourth-order valence-electron chi connectivity index (χ4n) is 5.94. The Morgan fingerprint density at radius 1 is 0.829 bits per heavy atom. The molecule has 0 amide bonds. The molecule has 0 saturated carbocycles. The zero-order chi connectivity index (χ0) is 28.6. The number of fused-ring (bicyclic) bond motifs is 6. The molecule has 210 valence electrons. The standard InChI is InChI=1S/C35H35ClN2O3/c1-4-6-18-38(19-7-5-2)31-22-30(23(3)20-29(31)36)37-24-16-17-33-28(21-24)35(27-14-10-11-15-32(27)40-33)26-13-9-8-12-25(26)34(39)41-35/h8-17,20-22,37H,4-7,18-19H2,1-3H3. The molecule has 2 aliphatic heterocycles. The van der Waals surface area contributed by atoms with E-state index in [9.17, 15) is 4.79 Å². The summed E-state index contributed by atoms with van der Waals surface area (Å²) < 4.78 is 12.7. The molecule has 1 unspecified atom stereocenters. The molecule has 2 aliphatic rings. The van der Waals surface area contributed by atoms with E-state index < -0.39 is 5.60 Å². The van der Waals surface area contributed by atoms with Crippen molar-refractivity contribution in [1.29, 1.82) is 0 Å². The van der Waals surface area contributed by atoms with Gasteiger partial charge in [0.05, 0.1) is 16.3 Å². The number of hydrogen-bond donors (Lipinski definition) is 1. The highest BCUT2D eigenvalue weighted by Crippen LogP contribution is 2.56. The second-order valence-corrected chi connectivity index (χ2v) is 11.3. The van der Waals surface area contributed by atoms with Crippen molar-refractivity contribution in [2.24, 2.45) is 0 Å². The predicted octanol–water partition coefficient (Wildman–Crippen LogP) is 9.37. The third-order valence-electron chi connectivity index (χ3n) is 8.09. The zero-order valence-corrected chi connectivity index (χ0v) is 24.6. The van der Waals surface area contributed by atoms with Crippen molar-refractivity contribution in [2.75, 3.05) is 23.3 Å². The molecule has 4 aromatic rings. The number of nitrogens with one attached hydrogen (secondary N) is 1. The number of unbranched alkanes of at least 4 members (excludes halogenated alkanes) is 2. The summed E-state index contributed by atoms with van der Waals surface area (Å²) in [4.78, 5) is 15.6. The summed E-state index contributed by atoms with van der Waals surface area (Å²) in [6.45, 7) is 8.44. The normalized spacial score (nSPS) is 16.4. The summed E-state index contributed by atoms with van der Waals surface area (Å²) in [5, 5.41) is 4.41. The lowest BCUT2D eigenvalue weighted by atomic mass is 9.77. The first-order valence-electron chi connectivity index (χ1n) is 14.5. The third kappa shape index (κ3) is 4.72. The van der Waals surface area contributed by atoms with Crippen molar-refractivity contribution < 1.29 is 14.3 Å². The highest BCUT2D eigenvalue weighted by atomic mass is 35.5. The number of nitrogens with zero attached hydrogens (tertiary/aromatic N) is 1. The lowest BCUT2D eigenvalue weighted by Crippen LogP contribution is -2.33. The van der Waals surface area contributed by atoms with E-state index in [0.717, 1.165) is 83.1 Å². The van der Waals surface area contributed by atoms with Crippen molar-refractivity contribution in [3.63, 3.8) is 0 Å². The number of benzene rings is 4. The molecule has 0 aliphatic carbocycles. The fourth-order valence-corrected chi connectivity index (χ4v) is 6.28. The van der Waals surface area contributed by atoms with Crippen LogP contribution in [-0.2, 0) is 10.3 Å². The Kier molecular flexibility index (Phi) is 7.39. The molecule has 0 aromatic heterocycles. The number of anilines is 3. The predicted molar refractivity (Wildman–Crippen MR) is 166 cm³/mol. The van der Waals surface area contributed by atoms with Crippen LogP contribution in [0.25, 0.3) is 0 Å². The van der Waals surface area contributed by atoms with Gasteiger partial charge in [-0.25, -0.2) is 4.79 Å². The average molecular weight is 567 g/mol. The van der Waals surface area contributed by atoms with E-state index in [0.29, 0.717) is 17.1 Å². The largest absolute Gasteiger partial charge is 0.456 e. The summed E-state index contributed by atoms with van der Waals surface area (Å²) in [5.41, 5.74) is 5.87. The van der Waals surface area contributed by atoms with Crippen molar-refractivity contribution in [1.82, 2.24) is 0 Å². The molecule has 5 nitrogen and oxygen atoms in total. The van der Waals surface area contributed by atoms with Crippen molar-refractivity contribution in [3.05, 3.63) is 112 Å². The molecule has 2 heterocycles. The molecule has 1 atom stereocenters. The van der Waals surface area contributed by atoms with E-state index >= 15 is 0 Å². The first-order chi connectivity index (χ1) is 20.0. The van der Waals surface area contributed by atoms with Gasteiger partial charge in [-0.15, -0.1) is 0 Å². The van der Waals surface area contributed by atoms with Crippen molar-refractivity contribution in [2.45, 2.75) is 52.1 Å². The van der Waals surface area contributed by atoms with Gasteiger partial charge in [0.25, 0.3) is 0 Å². The van der Waals surface area contributed by atoms with Crippen LogP contribution in [0.15, 0.2) is 78.9 Å². The fraction of sp³-hybridized carbons (Fsp3) is 0.286. The first kappa shape index (κ1) is 27.2. The van der Waals surface area contributed by atoms with Gasteiger partial charge in [-0.05, 0) is 67.8 Å². The Balaban J connectivity index is 1.43. The minimum absolute atomic E-state index is 0.334. The maximum absolute atomic E-state index is 13.2. The summed E-state index contributed by atoms with van der Waals surface area (Å²) in [5.74, 6) is 1.01. The van der Waals surface area contributed by atoms with Gasteiger partial charge < -0.3 is 19.7 Å². The summed E-state index contributed by atoms with van der Waals surface area (Å²) >= 11 is 6.81. The summed E-state index contributed by atoms with van der Waals surface area (Å²) in [6, 6.07) is 25.6. The van der Waals surface area contributed by atoms with Crippen LogP contribution < -0.4 is 15.0 Å². The topological polar surface area (TPSA) is 50.8 Å². The monoisotopic (exact) mass is 566 g/mol. The minimum atomic E-state index is -1.09. The van der Waals surface area contributed by atoms with Gasteiger partial charge in [0.1, 0.15) is 11.5 Å². The van der Waals surface area contributed by atoms with Gasteiger partial charge in [0.15, 0.2) is 5.60 Å². The maximum atomic E-state index is 13.2. The van der Waals surface area contributed by atoms with E-state index in [1.807, 2.05) is 72.8 Å². The molecular formula is C35H35ClN2O3. The van der Waals surface area contributed by atoms with E-state index in [-0.39, 0.29) is 5.97 Å². The summed E-state index contributed by atoms with van der Waals surface area (Å²) in [6.07, 6.45) is 4.50. The van der Waals surface area contributed by atoms with E-state index in [4.69, 9.17) is 21.1 Å². The van der Waals surface area contributed by atoms with Gasteiger partial charge in [-0.1, -0.05) is 74.7 Å². The van der Waals surface area contributed by atoms with Crippen LogP contribution in [0, 0.1) is 6.92 Å². The molecule has 4 aromatic carbocycles. The molecule has 1 spiro atoms. The molecule has 0 saturated heterocycles. The Morgan fingerprint density at radius 2 is 1.51 bits per heavy atom. The lowest BCUT2D eigenvalue weighted by Gasteiger charge is -2.36.